The van der Waals surface area contributed by atoms with Crippen molar-refractivity contribution in [1.29, 1.82) is 0 Å². The molecule has 0 amide bonds. The molecule has 3 aromatic carbocycles. The molecule has 0 saturated carbocycles. The molecule has 0 spiro atoms. The van der Waals surface area contributed by atoms with Crippen LogP contribution in [0.4, 0.5) is 4.48 Å². The molecule has 4 aromatic rings. The minimum absolute atomic E-state index is 0.473. The molecule has 0 aliphatic rings. The van der Waals surface area contributed by atoms with E-state index < -0.39 is 0 Å². The molecular formula is C21H15FN2. The molecule has 0 bridgehead atoms. The summed E-state index contributed by atoms with van der Waals surface area (Å²) < 4.78 is 14.7. The van der Waals surface area contributed by atoms with Crippen molar-refractivity contribution in [3.63, 3.8) is 0 Å². The lowest BCUT2D eigenvalue weighted by Gasteiger charge is -2.07. The van der Waals surface area contributed by atoms with E-state index in [1.165, 1.54) is 0 Å². The van der Waals surface area contributed by atoms with Crippen molar-refractivity contribution in [2.45, 2.75) is 0 Å². The SMILES string of the molecule is Fn1nc(-c2ccccc2)c(-c2ccccc2)c1-c1ccccc1. The van der Waals surface area contributed by atoms with Gasteiger partial charge in [-0.05, 0) is 5.56 Å². The molecule has 0 aliphatic heterocycles. The minimum Gasteiger partial charge on any atom is -0.141 e. The average molecular weight is 314 g/mol. The van der Waals surface area contributed by atoms with Gasteiger partial charge in [0, 0.05) is 16.7 Å². The largest absolute Gasteiger partial charge is 0.141 e. The Morgan fingerprint density at radius 3 is 1.58 bits per heavy atom. The van der Waals surface area contributed by atoms with Crippen LogP contribution in [0, 0.1) is 0 Å². The molecule has 116 valence electrons. The second-order valence-corrected chi connectivity index (χ2v) is 5.53. The van der Waals surface area contributed by atoms with Gasteiger partial charge in [0.15, 0.2) is 0 Å². The third kappa shape index (κ3) is 2.50. The Morgan fingerprint density at radius 1 is 0.583 bits per heavy atom. The van der Waals surface area contributed by atoms with Gasteiger partial charge >= 0.3 is 0 Å². The average Bonchev–Trinajstić information content (AvgIpc) is 3.01. The molecule has 0 fully saturated rings. The first-order valence-electron chi connectivity index (χ1n) is 7.80. The van der Waals surface area contributed by atoms with E-state index in [1.807, 2.05) is 91.0 Å². The van der Waals surface area contributed by atoms with E-state index in [0.29, 0.717) is 16.3 Å². The lowest BCUT2D eigenvalue weighted by molar-refractivity contribution is 0.323. The van der Waals surface area contributed by atoms with E-state index in [4.69, 9.17) is 0 Å². The van der Waals surface area contributed by atoms with Crippen molar-refractivity contribution in [2.75, 3.05) is 0 Å². The summed E-state index contributed by atoms with van der Waals surface area (Å²) in [6.45, 7) is 0. The maximum Gasteiger partial charge on any atom is 0.113 e. The van der Waals surface area contributed by atoms with Crippen LogP contribution in [0.5, 0.6) is 0 Å². The number of nitrogens with zero attached hydrogens (tertiary/aromatic N) is 2. The highest BCUT2D eigenvalue weighted by Crippen LogP contribution is 2.39. The third-order valence-electron chi connectivity index (χ3n) is 4.00. The van der Waals surface area contributed by atoms with Crippen molar-refractivity contribution < 1.29 is 4.48 Å². The normalized spacial score (nSPS) is 10.7. The van der Waals surface area contributed by atoms with E-state index in [1.54, 1.807) is 0 Å². The maximum atomic E-state index is 14.7. The predicted molar refractivity (Wildman–Crippen MR) is 95.0 cm³/mol. The van der Waals surface area contributed by atoms with Gasteiger partial charge in [-0.1, -0.05) is 100 Å². The van der Waals surface area contributed by atoms with Crippen molar-refractivity contribution >= 4 is 0 Å². The smallest absolute Gasteiger partial charge is 0.113 e. The van der Waals surface area contributed by atoms with Crippen LogP contribution in [0.2, 0.25) is 0 Å². The monoisotopic (exact) mass is 314 g/mol. The van der Waals surface area contributed by atoms with Gasteiger partial charge in [-0.2, -0.15) is 0 Å². The molecule has 4 rings (SSSR count). The first-order valence-corrected chi connectivity index (χ1v) is 7.80. The summed E-state index contributed by atoms with van der Waals surface area (Å²) in [6.07, 6.45) is 0. The highest BCUT2D eigenvalue weighted by molar-refractivity contribution is 5.91. The number of hydrogen-bond donors (Lipinski definition) is 0. The number of benzene rings is 3. The van der Waals surface area contributed by atoms with Gasteiger partial charge in [0.05, 0.1) is 0 Å². The van der Waals surface area contributed by atoms with Crippen LogP contribution < -0.4 is 0 Å². The first-order chi connectivity index (χ1) is 11.8. The highest BCUT2D eigenvalue weighted by Gasteiger charge is 2.21. The molecule has 1 aromatic heterocycles. The Kier molecular flexibility index (Phi) is 3.67. The lowest BCUT2D eigenvalue weighted by atomic mass is 9.96. The van der Waals surface area contributed by atoms with Crippen LogP contribution in [0.25, 0.3) is 33.6 Å². The molecule has 2 nitrogen and oxygen atoms in total. The standard InChI is InChI=1S/C21H15FN2/c22-24-21(18-14-8-3-9-15-18)19(16-10-4-1-5-11-16)20(23-24)17-12-6-2-7-13-17/h1-15H. The Hall–Kier alpha value is -3.20. The predicted octanol–water partition coefficient (Wildman–Crippen LogP) is 5.62. The minimum atomic E-state index is 0.473. The van der Waals surface area contributed by atoms with Crippen LogP contribution in [0.3, 0.4) is 0 Å². The van der Waals surface area contributed by atoms with Gasteiger partial charge in [-0.15, -0.1) is 5.10 Å². The summed E-state index contributed by atoms with van der Waals surface area (Å²) in [5.41, 5.74) is 4.55. The van der Waals surface area contributed by atoms with Crippen molar-refractivity contribution in [3.8, 4) is 33.6 Å². The number of hydrogen-bond acceptors (Lipinski definition) is 1. The molecule has 0 saturated heterocycles. The molecule has 0 aliphatic carbocycles. The first kappa shape index (κ1) is 14.4. The number of aromatic nitrogens is 2. The summed E-state index contributed by atoms with van der Waals surface area (Å²) in [6, 6.07) is 29.0. The van der Waals surface area contributed by atoms with Crippen LogP contribution in [-0.2, 0) is 0 Å². The van der Waals surface area contributed by atoms with Crippen molar-refractivity contribution in [1.82, 2.24) is 10.0 Å². The Bertz CT molecular complexity index is 945. The third-order valence-corrected chi connectivity index (χ3v) is 4.00. The second-order valence-electron chi connectivity index (χ2n) is 5.53. The van der Waals surface area contributed by atoms with Gasteiger partial charge in [0.1, 0.15) is 11.4 Å². The van der Waals surface area contributed by atoms with E-state index >= 15 is 0 Å². The van der Waals surface area contributed by atoms with E-state index in [2.05, 4.69) is 5.10 Å². The zero-order valence-electron chi connectivity index (χ0n) is 12.9. The van der Waals surface area contributed by atoms with Gasteiger partial charge in [0.25, 0.3) is 0 Å². The Labute approximate surface area is 139 Å². The van der Waals surface area contributed by atoms with Crippen molar-refractivity contribution in [2.24, 2.45) is 0 Å². The summed E-state index contributed by atoms with van der Waals surface area (Å²) in [5.74, 6) is 0. The van der Waals surface area contributed by atoms with Gasteiger partial charge in [-0.25, -0.2) is 0 Å². The molecular weight excluding hydrogens is 299 g/mol. The number of rotatable bonds is 3. The summed E-state index contributed by atoms with van der Waals surface area (Å²) in [7, 11) is 0. The summed E-state index contributed by atoms with van der Waals surface area (Å²) in [4.78, 5) is 0.486. The van der Waals surface area contributed by atoms with E-state index in [9.17, 15) is 4.48 Å². The topological polar surface area (TPSA) is 17.8 Å². The maximum absolute atomic E-state index is 14.7. The summed E-state index contributed by atoms with van der Waals surface area (Å²) >= 11 is 0. The van der Waals surface area contributed by atoms with Crippen molar-refractivity contribution in [3.05, 3.63) is 91.0 Å². The van der Waals surface area contributed by atoms with E-state index in [-0.39, 0.29) is 0 Å². The Balaban J connectivity index is 2.03. The van der Waals surface area contributed by atoms with Gasteiger partial charge in [-0.3, -0.25) is 0 Å². The zero-order chi connectivity index (χ0) is 16.4. The molecule has 0 N–H and O–H groups in total. The fourth-order valence-electron chi connectivity index (χ4n) is 2.92. The molecule has 1 heterocycles. The van der Waals surface area contributed by atoms with Crippen LogP contribution in [0.15, 0.2) is 91.0 Å². The zero-order valence-corrected chi connectivity index (χ0v) is 12.9. The molecule has 0 atom stereocenters. The fraction of sp³-hybridized carbons (Fsp3) is 0. The molecule has 24 heavy (non-hydrogen) atoms. The van der Waals surface area contributed by atoms with Crippen LogP contribution in [0.1, 0.15) is 0 Å². The van der Waals surface area contributed by atoms with Crippen LogP contribution in [-0.4, -0.2) is 10.0 Å². The number of halogens is 1. The lowest BCUT2D eigenvalue weighted by Crippen LogP contribution is -1.89. The Morgan fingerprint density at radius 2 is 1.04 bits per heavy atom. The van der Waals surface area contributed by atoms with Crippen LogP contribution >= 0.6 is 0 Å². The second kappa shape index (κ2) is 6.13. The molecule has 3 heteroatoms. The summed E-state index contributed by atoms with van der Waals surface area (Å²) in [5, 5.41) is 4.18. The fourth-order valence-corrected chi connectivity index (χ4v) is 2.92. The van der Waals surface area contributed by atoms with E-state index in [0.717, 1.165) is 22.3 Å². The molecule has 0 unspecified atom stereocenters. The molecule has 0 radical (unpaired) electrons. The van der Waals surface area contributed by atoms with Gasteiger partial charge < -0.3 is 0 Å². The quantitative estimate of drug-likeness (QED) is 0.480. The highest BCUT2D eigenvalue weighted by atomic mass is 19.2. The van der Waals surface area contributed by atoms with Gasteiger partial charge in [0.2, 0.25) is 0 Å².